The van der Waals surface area contributed by atoms with Crippen LogP contribution in [-0.4, -0.2) is 86.5 Å². The van der Waals surface area contributed by atoms with Crippen molar-refractivity contribution < 1.29 is 19.2 Å². The average molecular weight is 291 g/mol. The lowest BCUT2D eigenvalue weighted by atomic mass is 10.3. The fraction of sp³-hybridized carbons (Fsp3) is 0.833. The summed E-state index contributed by atoms with van der Waals surface area (Å²) >= 11 is 5.54. The van der Waals surface area contributed by atoms with Gasteiger partial charge in [-0.3, -0.25) is 9.59 Å². The summed E-state index contributed by atoms with van der Waals surface area (Å²) in [6.07, 6.45) is 0. The molecule has 7 heteroatoms. The molecule has 19 heavy (non-hydrogen) atoms. The van der Waals surface area contributed by atoms with E-state index in [1.54, 1.807) is 4.90 Å². The third-order valence-corrected chi connectivity index (χ3v) is 3.93. The first kappa shape index (κ1) is 14.6. The second kappa shape index (κ2) is 7.07. The lowest BCUT2D eigenvalue weighted by Crippen LogP contribution is -3.15. The summed E-state index contributed by atoms with van der Waals surface area (Å²) in [5, 5.41) is 0. The first-order valence-corrected chi connectivity index (χ1v) is 7.27. The third kappa shape index (κ3) is 4.06. The number of halogens is 1. The number of morpholine rings is 1. The van der Waals surface area contributed by atoms with Crippen molar-refractivity contribution in [2.24, 2.45) is 0 Å². The van der Waals surface area contributed by atoms with E-state index in [-0.39, 0.29) is 17.7 Å². The number of nitrogens with one attached hydrogen (secondary N) is 1. The Morgan fingerprint density at radius 3 is 2.16 bits per heavy atom. The highest BCUT2D eigenvalue weighted by Crippen LogP contribution is 1.97. The summed E-state index contributed by atoms with van der Waals surface area (Å²) in [4.78, 5) is 28.4. The number of ether oxygens (including phenoxy) is 1. The molecule has 2 amide bonds. The van der Waals surface area contributed by atoms with Crippen LogP contribution >= 0.6 is 11.6 Å². The van der Waals surface area contributed by atoms with Crippen molar-refractivity contribution in [3.05, 3.63) is 0 Å². The monoisotopic (exact) mass is 290 g/mol. The van der Waals surface area contributed by atoms with Crippen molar-refractivity contribution in [2.45, 2.75) is 0 Å². The van der Waals surface area contributed by atoms with Gasteiger partial charge in [0.25, 0.3) is 5.91 Å². The standard InChI is InChI=1S/C12H20ClN3O3/c13-9-11(17)15-3-1-14(2-4-15)10-12(18)16-5-7-19-8-6-16/h1-10H2/p+1. The highest BCUT2D eigenvalue weighted by Gasteiger charge is 2.27. The highest BCUT2D eigenvalue weighted by molar-refractivity contribution is 6.27. The summed E-state index contributed by atoms with van der Waals surface area (Å²) in [6.45, 7) is 6.21. The summed E-state index contributed by atoms with van der Waals surface area (Å²) < 4.78 is 5.24. The molecule has 0 radical (unpaired) electrons. The van der Waals surface area contributed by atoms with Crippen LogP contribution < -0.4 is 4.90 Å². The Hall–Kier alpha value is -0.850. The van der Waals surface area contributed by atoms with Crippen molar-refractivity contribution >= 4 is 23.4 Å². The smallest absolute Gasteiger partial charge is 0.277 e. The van der Waals surface area contributed by atoms with Crippen molar-refractivity contribution in [3.63, 3.8) is 0 Å². The number of hydrogen-bond acceptors (Lipinski definition) is 3. The number of carbonyl (C=O) groups is 2. The number of carbonyl (C=O) groups excluding carboxylic acids is 2. The van der Waals surface area contributed by atoms with Gasteiger partial charge in [-0.2, -0.15) is 0 Å². The summed E-state index contributed by atoms with van der Waals surface area (Å²) in [5.41, 5.74) is 0. The molecule has 0 aliphatic carbocycles. The van der Waals surface area contributed by atoms with Gasteiger partial charge in [0, 0.05) is 13.1 Å². The summed E-state index contributed by atoms with van der Waals surface area (Å²) in [6, 6.07) is 0. The topological polar surface area (TPSA) is 54.3 Å². The van der Waals surface area contributed by atoms with E-state index in [4.69, 9.17) is 16.3 Å². The molecule has 2 aliphatic heterocycles. The maximum atomic E-state index is 12.1. The van der Waals surface area contributed by atoms with Crippen molar-refractivity contribution in [1.29, 1.82) is 0 Å². The Morgan fingerprint density at radius 2 is 1.58 bits per heavy atom. The van der Waals surface area contributed by atoms with Gasteiger partial charge in [0.05, 0.1) is 39.4 Å². The first-order chi connectivity index (χ1) is 9.20. The van der Waals surface area contributed by atoms with E-state index in [1.165, 1.54) is 4.90 Å². The van der Waals surface area contributed by atoms with Crippen LogP contribution in [0.4, 0.5) is 0 Å². The van der Waals surface area contributed by atoms with Crippen LogP contribution in [0.5, 0.6) is 0 Å². The Bertz CT molecular complexity index is 326. The van der Waals surface area contributed by atoms with E-state index < -0.39 is 0 Å². The predicted molar refractivity (Wildman–Crippen MR) is 70.3 cm³/mol. The minimum Gasteiger partial charge on any atom is -0.378 e. The van der Waals surface area contributed by atoms with Gasteiger partial charge in [0.1, 0.15) is 5.88 Å². The maximum Gasteiger partial charge on any atom is 0.277 e. The predicted octanol–water partition coefficient (Wildman–Crippen LogP) is -2.19. The van der Waals surface area contributed by atoms with Gasteiger partial charge in [-0.15, -0.1) is 11.6 Å². The van der Waals surface area contributed by atoms with Crippen LogP contribution in [0.1, 0.15) is 0 Å². The van der Waals surface area contributed by atoms with Gasteiger partial charge < -0.3 is 19.4 Å². The SMILES string of the molecule is O=C(CCl)N1CC[NH+](CC(=O)N2CCOCC2)CC1. The molecular weight excluding hydrogens is 270 g/mol. The fourth-order valence-electron chi connectivity index (χ4n) is 2.47. The minimum absolute atomic E-state index is 0.0137. The zero-order valence-corrected chi connectivity index (χ0v) is 11.8. The molecule has 0 spiro atoms. The third-order valence-electron chi connectivity index (χ3n) is 3.70. The molecule has 2 aliphatic rings. The molecule has 0 aromatic rings. The van der Waals surface area contributed by atoms with Gasteiger partial charge in [-0.1, -0.05) is 0 Å². The van der Waals surface area contributed by atoms with Gasteiger partial charge in [0.15, 0.2) is 6.54 Å². The average Bonchev–Trinajstić information content (AvgIpc) is 2.48. The number of nitrogens with zero attached hydrogens (tertiary/aromatic N) is 2. The highest BCUT2D eigenvalue weighted by atomic mass is 35.5. The largest absolute Gasteiger partial charge is 0.378 e. The van der Waals surface area contributed by atoms with Crippen LogP contribution in [0, 0.1) is 0 Å². The molecule has 108 valence electrons. The summed E-state index contributed by atoms with van der Waals surface area (Å²) in [7, 11) is 0. The molecule has 0 bridgehead atoms. The van der Waals surface area contributed by atoms with E-state index in [1.807, 2.05) is 4.90 Å². The maximum absolute atomic E-state index is 12.1. The second-order valence-electron chi connectivity index (χ2n) is 4.93. The zero-order chi connectivity index (χ0) is 13.7. The number of alkyl halides is 1. The summed E-state index contributed by atoms with van der Waals surface area (Å²) in [5.74, 6) is 0.220. The number of piperazine rings is 1. The molecule has 0 unspecified atom stereocenters. The molecule has 0 atom stereocenters. The van der Waals surface area contributed by atoms with Crippen molar-refractivity contribution in [1.82, 2.24) is 9.80 Å². The van der Waals surface area contributed by atoms with E-state index in [9.17, 15) is 9.59 Å². The molecule has 2 fully saturated rings. The number of amides is 2. The Kier molecular flexibility index (Phi) is 5.42. The van der Waals surface area contributed by atoms with Crippen LogP contribution in [-0.2, 0) is 14.3 Å². The molecule has 2 saturated heterocycles. The quantitative estimate of drug-likeness (QED) is 0.601. The normalized spacial score (nSPS) is 21.5. The number of rotatable bonds is 3. The van der Waals surface area contributed by atoms with Crippen LogP contribution in [0.2, 0.25) is 0 Å². The lowest BCUT2D eigenvalue weighted by Gasteiger charge is -2.33. The molecule has 1 N–H and O–H groups in total. The zero-order valence-electron chi connectivity index (χ0n) is 11.1. The van der Waals surface area contributed by atoms with E-state index in [0.29, 0.717) is 45.9 Å². The molecule has 6 nitrogen and oxygen atoms in total. The van der Waals surface area contributed by atoms with E-state index >= 15 is 0 Å². The van der Waals surface area contributed by atoms with Gasteiger partial charge in [-0.05, 0) is 0 Å². The Balaban J connectivity index is 1.72. The number of hydrogen-bond donors (Lipinski definition) is 1. The first-order valence-electron chi connectivity index (χ1n) is 6.73. The molecule has 0 aromatic carbocycles. The van der Waals surface area contributed by atoms with Crippen molar-refractivity contribution in [3.8, 4) is 0 Å². The van der Waals surface area contributed by atoms with Gasteiger partial charge in [0.2, 0.25) is 5.91 Å². The van der Waals surface area contributed by atoms with Gasteiger partial charge >= 0.3 is 0 Å². The van der Waals surface area contributed by atoms with Crippen LogP contribution in [0.15, 0.2) is 0 Å². The minimum atomic E-state index is -0.0137. The van der Waals surface area contributed by atoms with E-state index in [0.717, 1.165) is 13.1 Å². The molecular formula is C12H21ClN3O3+. The van der Waals surface area contributed by atoms with E-state index in [2.05, 4.69) is 0 Å². The van der Waals surface area contributed by atoms with Crippen LogP contribution in [0.3, 0.4) is 0 Å². The van der Waals surface area contributed by atoms with Crippen LogP contribution in [0.25, 0.3) is 0 Å². The Labute approximate surface area is 118 Å². The fourth-order valence-corrected chi connectivity index (χ4v) is 2.64. The van der Waals surface area contributed by atoms with Gasteiger partial charge in [-0.25, -0.2) is 0 Å². The molecule has 2 rings (SSSR count). The second-order valence-corrected chi connectivity index (χ2v) is 5.20. The molecule has 2 heterocycles. The van der Waals surface area contributed by atoms with Crippen molar-refractivity contribution in [2.75, 3.05) is 64.9 Å². The Morgan fingerprint density at radius 1 is 1.00 bits per heavy atom. The molecule has 0 saturated carbocycles. The lowest BCUT2D eigenvalue weighted by molar-refractivity contribution is -0.896. The molecule has 0 aromatic heterocycles. The number of quaternary nitrogens is 1.